The number of rotatable bonds is 2. The zero-order valence-corrected chi connectivity index (χ0v) is 15.9. The van der Waals surface area contributed by atoms with Crippen LogP contribution in [-0.4, -0.2) is 47.8 Å². The van der Waals surface area contributed by atoms with E-state index < -0.39 is 30.0 Å². The van der Waals surface area contributed by atoms with Crippen molar-refractivity contribution in [2.45, 2.75) is 9.79 Å². The summed E-state index contributed by atoms with van der Waals surface area (Å²) in [7, 11) is -9.22. The highest BCUT2D eigenvalue weighted by atomic mass is 32.2. The Morgan fingerprint density at radius 2 is 0.857 bits per heavy atom. The second kappa shape index (κ2) is 12.9. The molecule has 1 aromatic heterocycles. The topological polar surface area (TPSA) is 295 Å². The number of hydrogen-bond donors (Lipinski definition) is 6. The van der Waals surface area contributed by atoms with E-state index in [0.717, 1.165) is 24.3 Å². The van der Waals surface area contributed by atoms with E-state index in [9.17, 15) is 25.9 Å². The molecule has 0 saturated carbocycles. The van der Waals surface area contributed by atoms with Crippen molar-refractivity contribution in [1.82, 2.24) is 9.97 Å². The predicted molar refractivity (Wildman–Crippen MR) is 95.0 cm³/mol. The zero-order chi connectivity index (χ0) is 22.4. The number of nitrogens with two attached hydrogens (primary N) is 6. The van der Waals surface area contributed by atoms with Gasteiger partial charge in [-0.1, -0.05) is 0 Å². The minimum Gasteiger partial charge on any atom is -0.744 e. The first kappa shape index (κ1) is 26.9. The van der Waals surface area contributed by atoms with Crippen molar-refractivity contribution in [3.63, 3.8) is 0 Å². The molecule has 0 aliphatic carbocycles. The van der Waals surface area contributed by atoms with E-state index in [1.165, 1.54) is 0 Å². The van der Waals surface area contributed by atoms with Gasteiger partial charge in [-0.05, 0) is 24.3 Å². The van der Waals surface area contributed by atoms with Crippen LogP contribution in [0.3, 0.4) is 0 Å². The second-order valence-corrected chi connectivity index (χ2v) is 7.03. The lowest BCUT2D eigenvalue weighted by atomic mass is 10.4. The molecule has 2 aromatic rings. The number of benzene rings is 1. The van der Waals surface area contributed by atoms with E-state index in [2.05, 4.69) is 43.7 Å². The molecule has 0 aliphatic heterocycles. The van der Waals surface area contributed by atoms with Gasteiger partial charge >= 0.3 is 11.9 Å². The maximum Gasteiger partial charge on any atom is 0.336 e. The van der Waals surface area contributed by atoms with Crippen molar-refractivity contribution in [3.05, 3.63) is 49.1 Å². The molecular weight excluding hydrogens is 416 g/mol. The average molecular weight is 436 g/mol. The Morgan fingerprint density at radius 3 is 0.964 bits per heavy atom. The van der Waals surface area contributed by atoms with Crippen LogP contribution in [-0.2, 0) is 20.2 Å². The normalized spacial score (nSPS) is 9.79. The fourth-order valence-corrected chi connectivity index (χ4v) is 1.97. The third-order valence-corrected chi connectivity index (χ3v) is 3.58. The van der Waals surface area contributed by atoms with E-state index in [1.54, 1.807) is 24.8 Å². The van der Waals surface area contributed by atoms with Crippen LogP contribution in [0.5, 0.6) is 0 Å². The maximum absolute atomic E-state index is 10.4. The summed E-state index contributed by atoms with van der Waals surface area (Å²) in [6, 6.07) is 3.08. The highest BCUT2D eigenvalue weighted by Crippen LogP contribution is 2.13. The van der Waals surface area contributed by atoms with Crippen molar-refractivity contribution in [2.24, 2.45) is 22.9 Å². The van der Waals surface area contributed by atoms with Gasteiger partial charge in [0.1, 0.15) is 20.2 Å². The van der Waals surface area contributed by atoms with Gasteiger partial charge in [0.2, 0.25) is 0 Å². The summed E-state index contributed by atoms with van der Waals surface area (Å²) in [6.07, 6.45) is 6.56. The molecule has 2 rings (SSSR count). The van der Waals surface area contributed by atoms with Gasteiger partial charge in [0.15, 0.2) is 0 Å². The van der Waals surface area contributed by atoms with Crippen molar-refractivity contribution in [2.75, 3.05) is 0 Å². The molecule has 16 heteroatoms. The minimum atomic E-state index is -4.61. The summed E-state index contributed by atoms with van der Waals surface area (Å²) in [5, 5.41) is 9.17. The van der Waals surface area contributed by atoms with E-state index >= 15 is 0 Å². The molecular formula is C12H20N8O6S2. The Labute approximate surface area is 161 Å². The molecule has 0 amide bonds. The van der Waals surface area contributed by atoms with Gasteiger partial charge in [0, 0.05) is 24.8 Å². The summed E-state index contributed by atoms with van der Waals surface area (Å²) in [6.45, 7) is 0. The lowest BCUT2D eigenvalue weighted by Crippen LogP contribution is -2.51. The Hall–Kier alpha value is -3.34. The van der Waals surface area contributed by atoms with Gasteiger partial charge in [-0.25, -0.2) is 16.8 Å². The highest BCUT2D eigenvalue weighted by Gasteiger charge is 2.04. The smallest absolute Gasteiger partial charge is 0.336 e. The van der Waals surface area contributed by atoms with Gasteiger partial charge in [-0.3, -0.25) is 43.7 Å². The molecule has 0 fully saturated rings. The van der Waals surface area contributed by atoms with E-state index in [4.69, 9.17) is 0 Å². The first-order valence-electron chi connectivity index (χ1n) is 6.66. The van der Waals surface area contributed by atoms with Gasteiger partial charge in [0.05, 0.1) is 9.79 Å². The summed E-state index contributed by atoms with van der Waals surface area (Å²) in [5.74, 6) is -0.167. The highest BCUT2D eigenvalue weighted by molar-refractivity contribution is 7.86. The van der Waals surface area contributed by atoms with Crippen LogP contribution >= 0.6 is 0 Å². The van der Waals surface area contributed by atoms with Crippen LogP contribution < -0.4 is 33.8 Å². The van der Waals surface area contributed by atoms with E-state index in [0.29, 0.717) is 0 Å². The SMILES string of the molecule is NC(N)=[NH2+].NC(N)=[NH2+].O=S(=O)([O-])c1ccc(S(=O)(=O)[O-])cc1.c1cnccn1. The Morgan fingerprint density at radius 1 is 0.679 bits per heavy atom. The van der Waals surface area contributed by atoms with Gasteiger partial charge in [0.25, 0.3) is 0 Å². The molecule has 0 aliphatic rings. The van der Waals surface area contributed by atoms with Crippen LogP contribution in [0.15, 0.2) is 58.8 Å². The summed E-state index contributed by atoms with van der Waals surface area (Å²) in [4.78, 5) is 6.29. The van der Waals surface area contributed by atoms with Gasteiger partial charge in [-0.15, -0.1) is 0 Å². The molecule has 0 unspecified atom stereocenters. The number of nitrogens with zero attached hydrogens (tertiary/aromatic N) is 2. The van der Waals surface area contributed by atoms with Crippen LogP contribution in [0.25, 0.3) is 0 Å². The molecule has 1 heterocycles. The maximum atomic E-state index is 10.4. The fourth-order valence-electron chi connectivity index (χ4n) is 1.03. The second-order valence-electron chi connectivity index (χ2n) is 4.27. The summed E-state index contributed by atoms with van der Waals surface area (Å²) >= 11 is 0. The first-order chi connectivity index (χ1) is 12.7. The van der Waals surface area contributed by atoms with E-state index in [1.807, 2.05) is 0 Å². The molecule has 1 aromatic carbocycles. The number of hydrogen-bond acceptors (Lipinski definition) is 8. The van der Waals surface area contributed by atoms with Gasteiger partial charge in [-0.2, -0.15) is 0 Å². The third kappa shape index (κ3) is 17.5. The summed E-state index contributed by atoms with van der Waals surface area (Å²) in [5.41, 5.74) is 18.3. The lowest BCUT2D eigenvalue weighted by Gasteiger charge is -2.09. The van der Waals surface area contributed by atoms with Gasteiger partial charge < -0.3 is 9.11 Å². The lowest BCUT2D eigenvalue weighted by molar-refractivity contribution is -0.117. The van der Waals surface area contributed by atoms with Crippen molar-refractivity contribution < 1.29 is 36.8 Å². The number of guanidine groups is 2. The van der Waals surface area contributed by atoms with Crippen LogP contribution in [0, 0.1) is 0 Å². The fraction of sp³-hybridized carbons (Fsp3) is 0. The molecule has 0 bridgehead atoms. The quantitative estimate of drug-likeness (QED) is 0.145. The molecule has 156 valence electrons. The van der Waals surface area contributed by atoms with Crippen LogP contribution in [0.4, 0.5) is 0 Å². The Balaban J connectivity index is 0. The third-order valence-electron chi connectivity index (χ3n) is 1.88. The van der Waals surface area contributed by atoms with Crippen LogP contribution in [0.1, 0.15) is 0 Å². The predicted octanol–water partition coefficient (Wildman–Crippen LogP) is -5.99. The molecule has 14 nitrogen and oxygen atoms in total. The average Bonchev–Trinajstić information content (AvgIpc) is 2.54. The summed E-state index contributed by atoms with van der Waals surface area (Å²) < 4.78 is 62.5. The zero-order valence-electron chi connectivity index (χ0n) is 14.2. The molecule has 0 spiro atoms. The van der Waals surface area contributed by atoms with Crippen molar-refractivity contribution >= 4 is 32.2 Å². The molecule has 12 N–H and O–H groups in total. The molecule has 0 atom stereocenters. The standard InChI is InChI=1S/C6H6O6S2.C4H4N2.2CH5N3/c7-13(8,9)5-1-2-6(4-3-5)14(10,11)12;1-2-6-4-3-5-1;2*2-1(3)4/h1-4H,(H,7,8,9)(H,10,11,12);1-4H;2*(H5,2,3,4). The van der Waals surface area contributed by atoms with Crippen molar-refractivity contribution in [1.29, 1.82) is 0 Å². The minimum absolute atomic E-state index is 0.0833. The number of aromatic nitrogens is 2. The molecule has 0 saturated heterocycles. The first-order valence-corrected chi connectivity index (χ1v) is 9.48. The Bertz CT molecular complexity index is 836. The van der Waals surface area contributed by atoms with Crippen molar-refractivity contribution in [3.8, 4) is 0 Å². The van der Waals surface area contributed by atoms with E-state index in [-0.39, 0.29) is 11.9 Å². The molecule has 28 heavy (non-hydrogen) atoms. The Kier molecular flexibility index (Phi) is 12.4. The largest absolute Gasteiger partial charge is 0.744 e. The van der Waals surface area contributed by atoms with Crippen LogP contribution in [0.2, 0.25) is 0 Å². The monoisotopic (exact) mass is 436 g/mol. The molecule has 0 radical (unpaired) electrons.